The van der Waals surface area contributed by atoms with Crippen molar-refractivity contribution in [3.63, 3.8) is 0 Å². The van der Waals surface area contributed by atoms with Crippen molar-refractivity contribution in [2.45, 2.75) is 13.1 Å². The van der Waals surface area contributed by atoms with Crippen molar-refractivity contribution in [2.75, 3.05) is 13.0 Å². The lowest BCUT2D eigenvalue weighted by molar-refractivity contribution is 0.225. The van der Waals surface area contributed by atoms with Crippen LogP contribution in [0.15, 0.2) is 6.33 Å². The van der Waals surface area contributed by atoms with Gasteiger partial charge in [-0.3, -0.25) is 0 Å². The van der Waals surface area contributed by atoms with E-state index in [2.05, 4.69) is 10.2 Å². The Morgan fingerprint density at radius 2 is 2.14 bits per heavy atom. The second kappa shape index (κ2) is 3.27. The molecule has 1 aromatic rings. The fourth-order valence-corrected chi connectivity index (χ4v) is 1.56. The molecule has 0 radical (unpaired) electrons. The van der Waals surface area contributed by atoms with Gasteiger partial charge in [0.1, 0.15) is 12.2 Å². The zero-order chi connectivity index (χ0) is 10.2. The van der Waals surface area contributed by atoms with E-state index in [0.29, 0.717) is 18.9 Å². The standard InChI is InChI=1S/C6H9BF3N4/c8-7(9,10)4-13-1-2-14-5-11-12-6(14)3-13/h5H,1-4H2/q-1. The minimum Gasteiger partial charge on any atom is -0.448 e. The van der Waals surface area contributed by atoms with E-state index in [0.717, 1.165) is 0 Å². The Bertz CT molecular complexity index is 323. The Morgan fingerprint density at radius 1 is 1.36 bits per heavy atom. The fraction of sp³-hybridized carbons (Fsp3) is 0.667. The number of aromatic nitrogens is 3. The van der Waals surface area contributed by atoms with Crippen molar-refractivity contribution in [3.05, 3.63) is 12.2 Å². The van der Waals surface area contributed by atoms with Gasteiger partial charge in [-0.25, -0.2) is 0 Å². The topological polar surface area (TPSA) is 34.0 Å². The first-order chi connectivity index (χ1) is 6.54. The molecule has 0 saturated carbocycles. The molecular formula is C6H9BF3N4-. The first-order valence-electron chi connectivity index (χ1n) is 4.34. The Morgan fingerprint density at radius 3 is 2.86 bits per heavy atom. The van der Waals surface area contributed by atoms with Crippen molar-refractivity contribution in [2.24, 2.45) is 0 Å². The second-order valence-corrected chi connectivity index (χ2v) is 3.39. The Labute approximate surface area is 78.8 Å². The summed E-state index contributed by atoms with van der Waals surface area (Å²) in [6.07, 6.45) is 0.734. The van der Waals surface area contributed by atoms with Gasteiger partial charge in [0.25, 0.3) is 0 Å². The van der Waals surface area contributed by atoms with E-state index in [-0.39, 0.29) is 6.54 Å². The molecule has 0 N–H and O–H groups in total. The lowest BCUT2D eigenvalue weighted by atomic mass is 9.91. The van der Waals surface area contributed by atoms with Crippen LogP contribution >= 0.6 is 0 Å². The van der Waals surface area contributed by atoms with Crippen molar-refractivity contribution < 1.29 is 12.9 Å². The van der Waals surface area contributed by atoms with E-state index in [1.165, 1.54) is 4.90 Å². The van der Waals surface area contributed by atoms with Gasteiger partial charge in [-0.15, -0.1) is 10.2 Å². The summed E-state index contributed by atoms with van der Waals surface area (Å²) in [6.45, 7) is -3.56. The summed E-state index contributed by atoms with van der Waals surface area (Å²) in [5, 5.41) is 7.39. The highest BCUT2D eigenvalue weighted by Crippen LogP contribution is 2.15. The Kier molecular flexibility index (Phi) is 2.22. The smallest absolute Gasteiger partial charge is 0.448 e. The first kappa shape index (κ1) is 9.51. The van der Waals surface area contributed by atoms with E-state index in [1.807, 2.05) is 0 Å². The number of halogens is 3. The van der Waals surface area contributed by atoms with Gasteiger partial charge in [-0.05, 0) is 6.44 Å². The van der Waals surface area contributed by atoms with Crippen molar-refractivity contribution in [1.29, 1.82) is 0 Å². The minimum absolute atomic E-state index is 0.237. The maximum Gasteiger partial charge on any atom is 0.492 e. The highest BCUT2D eigenvalue weighted by Gasteiger charge is 2.28. The molecular weight excluding hydrogens is 196 g/mol. The van der Waals surface area contributed by atoms with Crippen molar-refractivity contribution in [3.8, 4) is 0 Å². The third-order valence-electron chi connectivity index (χ3n) is 2.18. The molecule has 1 aromatic heterocycles. The summed E-state index contributed by atoms with van der Waals surface area (Å²) < 4.78 is 38.1. The third kappa shape index (κ3) is 2.06. The highest BCUT2D eigenvalue weighted by molar-refractivity contribution is 6.58. The van der Waals surface area contributed by atoms with E-state index in [4.69, 9.17) is 0 Å². The average Bonchev–Trinajstić information content (AvgIpc) is 2.47. The van der Waals surface area contributed by atoms with Crippen LogP contribution in [0.2, 0.25) is 0 Å². The van der Waals surface area contributed by atoms with Gasteiger partial charge in [-0.2, -0.15) is 0 Å². The largest absolute Gasteiger partial charge is 0.492 e. The molecule has 0 amide bonds. The summed E-state index contributed by atoms with van der Waals surface area (Å²) >= 11 is 0. The van der Waals surface area contributed by atoms with Crippen LogP contribution in [0.1, 0.15) is 5.82 Å². The Balaban J connectivity index is 2.01. The minimum atomic E-state index is -4.74. The molecule has 0 aromatic carbocycles. The summed E-state index contributed by atoms with van der Waals surface area (Å²) in [5.41, 5.74) is 0. The highest BCUT2D eigenvalue weighted by atomic mass is 19.4. The van der Waals surface area contributed by atoms with Crippen LogP contribution in [0.4, 0.5) is 12.9 Å². The van der Waals surface area contributed by atoms with Crippen LogP contribution in [0, 0.1) is 0 Å². The van der Waals surface area contributed by atoms with Crippen LogP contribution in [-0.4, -0.2) is 39.6 Å². The maximum absolute atomic E-state index is 12.1. The number of hydrogen-bond acceptors (Lipinski definition) is 3. The third-order valence-corrected chi connectivity index (χ3v) is 2.18. The van der Waals surface area contributed by atoms with Gasteiger partial charge in [0.15, 0.2) is 0 Å². The zero-order valence-corrected chi connectivity index (χ0v) is 7.41. The second-order valence-electron chi connectivity index (χ2n) is 3.39. The summed E-state index contributed by atoms with van der Waals surface area (Å²) in [7, 11) is 0. The summed E-state index contributed by atoms with van der Waals surface area (Å²) in [5.74, 6) is 0.608. The lowest BCUT2D eigenvalue weighted by Crippen LogP contribution is -2.42. The molecule has 1 aliphatic rings. The monoisotopic (exact) mass is 205 g/mol. The molecule has 2 rings (SSSR count). The van der Waals surface area contributed by atoms with E-state index in [1.54, 1.807) is 10.9 Å². The molecule has 0 fully saturated rings. The van der Waals surface area contributed by atoms with Gasteiger partial charge in [-0.1, -0.05) is 0 Å². The molecule has 0 spiro atoms. The Hall–Kier alpha value is -1.05. The van der Waals surface area contributed by atoms with Gasteiger partial charge in [0.05, 0.1) is 6.54 Å². The SMILES string of the molecule is F[B-](F)(F)CN1CCn2cnnc2C1. The number of fused-ring (bicyclic) bond motifs is 1. The van der Waals surface area contributed by atoms with E-state index >= 15 is 0 Å². The lowest BCUT2D eigenvalue weighted by Gasteiger charge is -2.30. The van der Waals surface area contributed by atoms with E-state index < -0.39 is 13.4 Å². The molecule has 0 atom stereocenters. The fourth-order valence-electron chi connectivity index (χ4n) is 1.56. The van der Waals surface area contributed by atoms with Gasteiger partial charge >= 0.3 is 6.98 Å². The normalized spacial score (nSPS) is 18.2. The average molecular weight is 205 g/mol. The van der Waals surface area contributed by atoms with E-state index in [9.17, 15) is 12.9 Å². The molecule has 0 saturated heterocycles. The van der Waals surface area contributed by atoms with Crippen LogP contribution < -0.4 is 0 Å². The molecule has 0 aliphatic carbocycles. The maximum atomic E-state index is 12.1. The number of hydrogen-bond donors (Lipinski definition) is 0. The molecule has 1 aliphatic heterocycles. The first-order valence-corrected chi connectivity index (χ1v) is 4.34. The predicted molar refractivity (Wildman–Crippen MR) is 44.4 cm³/mol. The van der Waals surface area contributed by atoms with Gasteiger partial charge in [0, 0.05) is 13.1 Å². The molecule has 78 valence electrons. The molecule has 0 unspecified atom stereocenters. The number of rotatable bonds is 2. The molecule has 8 heteroatoms. The van der Waals surface area contributed by atoms with Gasteiger partial charge < -0.3 is 22.4 Å². The molecule has 2 heterocycles. The van der Waals surface area contributed by atoms with Crippen molar-refractivity contribution >= 4 is 6.98 Å². The van der Waals surface area contributed by atoms with Crippen LogP contribution in [0.25, 0.3) is 0 Å². The molecule has 0 bridgehead atoms. The van der Waals surface area contributed by atoms with Gasteiger partial charge in [0.2, 0.25) is 0 Å². The predicted octanol–water partition coefficient (Wildman–Crippen LogP) is 0.480. The summed E-state index contributed by atoms with van der Waals surface area (Å²) in [6, 6.07) is 0. The summed E-state index contributed by atoms with van der Waals surface area (Å²) in [4.78, 5) is 1.35. The van der Waals surface area contributed by atoms with Crippen molar-refractivity contribution in [1.82, 2.24) is 19.7 Å². The van der Waals surface area contributed by atoms with Crippen LogP contribution in [-0.2, 0) is 13.1 Å². The molecule has 14 heavy (non-hydrogen) atoms. The molecule has 4 nitrogen and oxygen atoms in total. The quantitative estimate of drug-likeness (QED) is 0.658. The zero-order valence-electron chi connectivity index (χ0n) is 7.41. The number of nitrogens with zero attached hydrogens (tertiary/aromatic N) is 4. The van der Waals surface area contributed by atoms with Crippen LogP contribution in [0.5, 0.6) is 0 Å². The van der Waals surface area contributed by atoms with Crippen LogP contribution in [0.3, 0.4) is 0 Å².